The van der Waals surface area contributed by atoms with E-state index in [-0.39, 0.29) is 11.6 Å². The Bertz CT molecular complexity index is 408. The lowest BCUT2D eigenvalue weighted by Crippen LogP contribution is -2.35. The Morgan fingerprint density at radius 3 is 2.75 bits per heavy atom. The lowest BCUT2D eigenvalue weighted by molar-refractivity contribution is 0.0211. The fourth-order valence-corrected chi connectivity index (χ4v) is 2.15. The third-order valence-corrected chi connectivity index (χ3v) is 3.30. The maximum absolute atomic E-state index is 5.73. The molecule has 2 rings (SSSR count). The van der Waals surface area contributed by atoms with Gasteiger partial charge in [0.1, 0.15) is 0 Å². The van der Waals surface area contributed by atoms with E-state index in [1.807, 2.05) is 11.9 Å². The first-order chi connectivity index (χ1) is 9.44. The molecule has 20 heavy (non-hydrogen) atoms. The Kier molecular flexibility index (Phi) is 4.99. The fraction of sp³-hybridized carbons (Fsp3) is 0.857. The molecule has 6 nitrogen and oxygen atoms in total. The van der Waals surface area contributed by atoms with Crippen LogP contribution in [0.5, 0.6) is 0 Å². The maximum atomic E-state index is 5.73. The van der Waals surface area contributed by atoms with Gasteiger partial charge in [0.25, 0.3) is 0 Å². The molecule has 0 aromatic carbocycles. The molecule has 1 atom stereocenters. The highest BCUT2D eigenvalue weighted by atomic mass is 16.5. The second-order valence-corrected chi connectivity index (χ2v) is 6.45. The van der Waals surface area contributed by atoms with E-state index < -0.39 is 0 Å². The largest absolute Gasteiger partial charge is 0.407 e. The monoisotopic (exact) mass is 282 g/mol. The smallest absolute Gasteiger partial charge is 0.318 e. The normalized spacial score (nSPS) is 20.1. The minimum Gasteiger partial charge on any atom is -0.407 e. The van der Waals surface area contributed by atoms with Gasteiger partial charge in [-0.05, 0) is 40.0 Å². The summed E-state index contributed by atoms with van der Waals surface area (Å²) >= 11 is 0. The van der Waals surface area contributed by atoms with E-state index in [1.165, 1.54) is 12.8 Å². The van der Waals surface area contributed by atoms with Crippen molar-refractivity contribution in [3.63, 3.8) is 0 Å². The first-order valence-corrected chi connectivity index (χ1v) is 7.34. The average Bonchev–Trinajstić information content (AvgIpc) is 2.86. The van der Waals surface area contributed by atoms with Crippen LogP contribution in [0.15, 0.2) is 4.42 Å². The molecule has 6 heteroatoms. The standard InChI is InChI=1S/C14H26N4O2/c1-14(2,3)15-9-12-16-17-13(20-12)18(4)10-11-7-5-6-8-19-11/h11,15H,5-10H2,1-4H3. The van der Waals surface area contributed by atoms with Gasteiger partial charge in [0.15, 0.2) is 0 Å². The van der Waals surface area contributed by atoms with Gasteiger partial charge in [-0.25, -0.2) is 0 Å². The topological polar surface area (TPSA) is 63.4 Å². The summed E-state index contributed by atoms with van der Waals surface area (Å²) in [6.45, 7) is 8.58. The summed E-state index contributed by atoms with van der Waals surface area (Å²) in [5.74, 6) is 0.617. The van der Waals surface area contributed by atoms with Crippen molar-refractivity contribution in [3.8, 4) is 0 Å². The molecule has 2 heterocycles. The third-order valence-electron chi connectivity index (χ3n) is 3.30. The predicted molar refractivity (Wildman–Crippen MR) is 77.8 cm³/mol. The zero-order valence-electron chi connectivity index (χ0n) is 13.0. The Morgan fingerprint density at radius 1 is 1.30 bits per heavy atom. The minimum atomic E-state index is 0.0382. The van der Waals surface area contributed by atoms with Crippen LogP contribution in [0.4, 0.5) is 6.01 Å². The molecule has 1 unspecified atom stereocenters. The molecule has 1 aliphatic rings. The Hall–Kier alpha value is -1.14. The van der Waals surface area contributed by atoms with Crippen LogP contribution in [0, 0.1) is 0 Å². The van der Waals surface area contributed by atoms with Crippen LogP contribution in [0.1, 0.15) is 45.9 Å². The number of aromatic nitrogens is 2. The van der Waals surface area contributed by atoms with Gasteiger partial charge in [-0.3, -0.25) is 0 Å². The molecule has 0 aliphatic carbocycles. The first kappa shape index (κ1) is 15.3. The molecular weight excluding hydrogens is 256 g/mol. The third kappa shape index (κ3) is 4.76. The van der Waals surface area contributed by atoms with Crippen LogP contribution < -0.4 is 10.2 Å². The van der Waals surface area contributed by atoms with Crippen molar-refractivity contribution in [3.05, 3.63) is 5.89 Å². The molecule has 114 valence electrons. The lowest BCUT2D eigenvalue weighted by Gasteiger charge is -2.26. The predicted octanol–water partition coefficient (Wildman–Crippen LogP) is 1.96. The van der Waals surface area contributed by atoms with Gasteiger partial charge in [-0.2, -0.15) is 0 Å². The lowest BCUT2D eigenvalue weighted by atomic mass is 10.1. The van der Waals surface area contributed by atoms with Gasteiger partial charge in [-0.15, -0.1) is 5.10 Å². The van der Waals surface area contributed by atoms with E-state index in [4.69, 9.17) is 9.15 Å². The van der Waals surface area contributed by atoms with E-state index >= 15 is 0 Å². The van der Waals surface area contributed by atoms with Crippen molar-refractivity contribution in [1.29, 1.82) is 0 Å². The number of ether oxygens (including phenoxy) is 1. The number of hydrogen-bond acceptors (Lipinski definition) is 6. The Morgan fingerprint density at radius 2 is 2.10 bits per heavy atom. The highest BCUT2D eigenvalue weighted by Gasteiger charge is 2.19. The molecule has 0 amide bonds. The van der Waals surface area contributed by atoms with Gasteiger partial charge in [-0.1, -0.05) is 5.10 Å². The van der Waals surface area contributed by atoms with Crippen LogP contribution >= 0.6 is 0 Å². The quantitative estimate of drug-likeness (QED) is 0.890. The highest BCUT2D eigenvalue weighted by Crippen LogP contribution is 2.17. The summed E-state index contributed by atoms with van der Waals surface area (Å²) in [4.78, 5) is 1.98. The van der Waals surface area contributed by atoms with Crippen molar-refractivity contribution < 1.29 is 9.15 Å². The Labute approximate surface area is 120 Å². The second-order valence-electron chi connectivity index (χ2n) is 6.45. The van der Waals surface area contributed by atoms with Crippen LogP contribution in [0.3, 0.4) is 0 Å². The van der Waals surface area contributed by atoms with Gasteiger partial charge in [0.2, 0.25) is 5.89 Å². The van der Waals surface area contributed by atoms with Crippen molar-refractivity contribution in [2.45, 2.75) is 58.2 Å². The summed E-state index contributed by atoms with van der Waals surface area (Å²) < 4.78 is 11.4. The maximum Gasteiger partial charge on any atom is 0.318 e. The fourth-order valence-electron chi connectivity index (χ4n) is 2.15. The minimum absolute atomic E-state index is 0.0382. The molecule has 1 N–H and O–H groups in total. The second kappa shape index (κ2) is 6.54. The van der Waals surface area contributed by atoms with Crippen molar-refractivity contribution in [1.82, 2.24) is 15.5 Å². The first-order valence-electron chi connectivity index (χ1n) is 7.34. The van der Waals surface area contributed by atoms with E-state index in [0.29, 0.717) is 18.5 Å². The molecule has 1 fully saturated rings. The summed E-state index contributed by atoms with van der Waals surface area (Å²) in [5, 5.41) is 11.5. The molecule has 0 spiro atoms. The SMILES string of the molecule is CN(CC1CCCCO1)c1nnc(CNC(C)(C)C)o1. The van der Waals surface area contributed by atoms with E-state index in [0.717, 1.165) is 19.6 Å². The summed E-state index contributed by atoms with van der Waals surface area (Å²) in [6, 6.07) is 0.560. The zero-order chi connectivity index (χ0) is 14.6. The van der Waals surface area contributed by atoms with E-state index in [9.17, 15) is 0 Å². The van der Waals surface area contributed by atoms with Gasteiger partial charge in [0, 0.05) is 25.7 Å². The molecule has 1 aliphatic heterocycles. The summed E-state index contributed by atoms with van der Waals surface area (Å²) in [6.07, 6.45) is 3.79. The van der Waals surface area contributed by atoms with Crippen molar-refractivity contribution in [2.24, 2.45) is 0 Å². The molecular formula is C14H26N4O2. The van der Waals surface area contributed by atoms with Gasteiger partial charge in [0.05, 0.1) is 12.6 Å². The molecule has 0 saturated carbocycles. The average molecular weight is 282 g/mol. The molecule has 0 radical (unpaired) electrons. The summed E-state index contributed by atoms with van der Waals surface area (Å²) in [5.41, 5.74) is 0.0382. The van der Waals surface area contributed by atoms with Gasteiger partial charge >= 0.3 is 6.01 Å². The molecule has 1 saturated heterocycles. The summed E-state index contributed by atoms with van der Waals surface area (Å²) in [7, 11) is 1.96. The van der Waals surface area contributed by atoms with Crippen LogP contribution in [-0.4, -0.2) is 42.0 Å². The number of likely N-dealkylation sites (N-methyl/N-ethyl adjacent to an activating group) is 1. The number of nitrogens with zero attached hydrogens (tertiary/aromatic N) is 3. The number of nitrogens with one attached hydrogen (secondary N) is 1. The molecule has 1 aromatic heterocycles. The Balaban J connectivity index is 1.84. The van der Waals surface area contributed by atoms with Crippen LogP contribution in [0.2, 0.25) is 0 Å². The molecule has 0 bridgehead atoms. The zero-order valence-corrected chi connectivity index (χ0v) is 13.0. The number of rotatable bonds is 5. The van der Waals surface area contributed by atoms with Crippen LogP contribution in [0.25, 0.3) is 0 Å². The van der Waals surface area contributed by atoms with E-state index in [2.05, 4.69) is 36.3 Å². The highest BCUT2D eigenvalue weighted by molar-refractivity contribution is 5.22. The van der Waals surface area contributed by atoms with Gasteiger partial charge < -0.3 is 19.4 Å². The molecule has 1 aromatic rings. The number of anilines is 1. The van der Waals surface area contributed by atoms with Crippen molar-refractivity contribution >= 4 is 6.01 Å². The van der Waals surface area contributed by atoms with Crippen LogP contribution in [-0.2, 0) is 11.3 Å². The number of hydrogen-bond donors (Lipinski definition) is 1. The van der Waals surface area contributed by atoms with E-state index in [1.54, 1.807) is 0 Å². The van der Waals surface area contributed by atoms with Crippen molar-refractivity contribution in [2.75, 3.05) is 25.1 Å².